The summed E-state index contributed by atoms with van der Waals surface area (Å²) in [5, 5.41) is 2.80. The number of hydrogen-bond donors (Lipinski definition) is 1. The largest absolute Gasteiger partial charge is 0.437 e. The van der Waals surface area contributed by atoms with Gasteiger partial charge in [-0.25, -0.2) is 4.98 Å². The number of rotatable bonds is 4. The summed E-state index contributed by atoms with van der Waals surface area (Å²) in [6.45, 7) is 1.74. The van der Waals surface area contributed by atoms with E-state index >= 15 is 0 Å². The Bertz CT molecular complexity index is 709. The summed E-state index contributed by atoms with van der Waals surface area (Å²) in [6.07, 6.45) is 5.04. The Kier molecular flexibility index (Phi) is 3.70. The van der Waals surface area contributed by atoms with Gasteiger partial charge in [0.2, 0.25) is 11.8 Å². The number of alkyl halides is 2. The van der Waals surface area contributed by atoms with Crippen molar-refractivity contribution in [3.8, 4) is 11.6 Å². The maximum absolute atomic E-state index is 12.2. The second-order valence-electron chi connectivity index (χ2n) is 5.34. The van der Waals surface area contributed by atoms with Crippen LogP contribution < -0.4 is 10.1 Å². The Morgan fingerprint density at radius 2 is 2.14 bits per heavy atom. The number of hydrogen-bond acceptors (Lipinski definition) is 4. The first-order valence-corrected chi connectivity index (χ1v) is 7.39. The van der Waals surface area contributed by atoms with Crippen molar-refractivity contribution in [2.45, 2.75) is 17.7 Å². The monoisotopic (exact) mass is 337 g/mol. The molecule has 1 amide bonds. The third-order valence-electron chi connectivity index (χ3n) is 3.61. The topological polar surface area (TPSA) is 64.1 Å². The average molecular weight is 338 g/mol. The van der Waals surface area contributed by atoms with E-state index in [1.54, 1.807) is 37.4 Å². The summed E-state index contributed by atoms with van der Waals surface area (Å²) in [7, 11) is 0. The van der Waals surface area contributed by atoms with Gasteiger partial charge in [-0.2, -0.15) is 0 Å². The highest BCUT2D eigenvalue weighted by Gasteiger charge is 2.67. The molecule has 1 fully saturated rings. The predicted molar refractivity (Wildman–Crippen MR) is 84.3 cm³/mol. The summed E-state index contributed by atoms with van der Waals surface area (Å²) in [6, 6.07) is 6.99. The molecule has 0 unspecified atom stereocenters. The lowest BCUT2D eigenvalue weighted by Crippen LogP contribution is -2.25. The lowest BCUT2D eigenvalue weighted by atomic mass is 10.1. The van der Waals surface area contributed by atoms with Crippen molar-refractivity contribution in [2.24, 2.45) is 5.41 Å². The maximum atomic E-state index is 12.2. The summed E-state index contributed by atoms with van der Waals surface area (Å²) < 4.78 is 4.57. The van der Waals surface area contributed by atoms with Gasteiger partial charge in [0.1, 0.15) is 10.1 Å². The molecule has 1 aliphatic carbocycles. The zero-order valence-corrected chi connectivity index (χ0v) is 13.2. The zero-order valence-electron chi connectivity index (χ0n) is 11.7. The van der Waals surface area contributed by atoms with Crippen LogP contribution >= 0.6 is 23.2 Å². The minimum absolute atomic E-state index is 0.214. The molecule has 1 N–H and O–H groups in total. The second-order valence-corrected chi connectivity index (χ2v) is 6.82. The van der Waals surface area contributed by atoms with Crippen LogP contribution in [0.5, 0.6) is 11.6 Å². The van der Waals surface area contributed by atoms with Gasteiger partial charge in [-0.15, -0.1) is 23.2 Å². The van der Waals surface area contributed by atoms with Gasteiger partial charge in [-0.3, -0.25) is 9.78 Å². The summed E-state index contributed by atoms with van der Waals surface area (Å²) in [5.41, 5.74) is -0.165. The van der Waals surface area contributed by atoms with E-state index in [2.05, 4.69) is 15.3 Å². The third kappa shape index (κ3) is 2.87. The van der Waals surface area contributed by atoms with Gasteiger partial charge in [0, 0.05) is 24.1 Å². The molecule has 0 saturated heterocycles. The van der Waals surface area contributed by atoms with Crippen LogP contribution in [0.4, 0.5) is 5.69 Å². The van der Waals surface area contributed by atoms with E-state index < -0.39 is 9.75 Å². The van der Waals surface area contributed by atoms with Crippen molar-refractivity contribution in [1.29, 1.82) is 0 Å². The molecule has 114 valence electrons. The molecule has 22 heavy (non-hydrogen) atoms. The van der Waals surface area contributed by atoms with Crippen molar-refractivity contribution in [1.82, 2.24) is 9.97 Å². The highest BCUT2D eigenvalue weighted by atomic mass is 35.5. The van der Waals surface area contributed by atoms with Crippen LogP contribution in [0.2, 0.25) is 0 Å². The van der Waals surface area contributed by atoms with Crippen LogP contribution in [-0.4, -0.2) is 20.2 Å². The van der Waals surface area contributed by atoms with Crippen LogP contribution in [0, 0.1) is 5.41 Å². The van der Waals surface area contributed by atoms with Crippen LogP contribution in [0.25, 0.3) is 0 Å². The van der Waals surface area contributed by atoms with Crippen LogP contribution in [0.1, 0.15) is 13.3 Å². The lowest BCUT2D eigenvalue weighted by molar-refractivity contribution is -0.120. The van der Waals surface area contributed by atoms with E-state index in [0.717, 1.165) is 0 Å². The molecule has 7 heteroatoms. The molecule has 2 aromatic rings. The van der Waals surface area contributed by atoms with E-state index in [-0.39, 0.29) is 5.91 Å². The Morgan fingerprint density at radius 3 is 2.77 bits per heavy atom. The van der Waals surface area contributed by atoms with E-state index in [1.165, 1.54) is 12.4 Å². The minimum Gasteiger partial charge on any atom is -0.437 e. The van der Waals surface area contributed by atoms with Crippen LogP contribution in [-0.2, 0) is 4.79 Å². The van der Waals surface area contributed by atoms with Gasteiger partial charge in [0.25, 0.3) is 0 Å². The molecule has 3 rings (SSSR count). The highest BCUT2D eigenvalue weighted by Crippen LogP contribution is 2.64. The number of anilines is 1. The Morgan fingerprint density at radius 1 is 1.36 bits per heavy atom. The molecule has 1 aromatic carbocycles. The van der Waals surface area contributed by atoms with E-state index in [4.69, 9.17) is 27.9 Å². The Balaban J connectivity index is 1.71. The predicted octanol–water partition coefficient (Wildman–Crippen LogP) is 3.79. The fourth-order valence-corrected chi connectivity index (χ4v) is 2.72. The molecule has 0 bridgehead atoms. The average Bonchev–Trinajstić information content (AvgIpc) is 3.00. The second kappa shape index (κ2) is 5.41. The number of nitrogens with zero attached hydrogens (tertiary/aromatic N) is 2. The van der Waals surface area contributed by atoms with Gasteiger partial charge >= 0.3 is 0 Å². The summed E-state index contributed by atoms with van der Waals surface area (Å²) in [5.74, 6) is 0.706. The molecule has 1 aromatic heterocycles. The van der Waals surface area contributed by atoms with Crippen LogP contribution in [0.15, 0.2) is 42.9 Å². The summed E-state index contributed by atoms with van der Waals surface area (Å²) >= 11 is 12.0. The third-order valence-corrected chi connectivity index (χ3v) is 4.71. The maximum Gasteiger partial charge on any atom is 0.237 e. The first-order valence-electron chi connectivity index (χ1n) is 6.64. The van der Waals surface area contributed by atoms with E-state index in [1.807, 2.05) is 0 Å². The van der Waals surface area contributed by atoms with E-state index in [0.29, 0.717) is 23.7 Å². The van der Waals surface area contributed by atoms with Crippen molar-refractivity contribution >= 4 is 34.8 Å². The van der Waals surface area contributed by atoms with Gasteiger partial charge < -0.3 is 10.1 Å². The molecular weight excluding hydrogens is 325 g/mol. The molecule has 0 radical (unpaired) electrons. The molecule has 1 saturated carbocycles. The molecule has 5 nitrogen and oxygen atoms in total. The molecule has 0 spiro atoms. The first kappa shape index (κ1) is 15.1. The van der Waals surface area contributed by atoms with Crippen molar-refractivity contribution in [3.05, 3.63) is 42.9 Å². The molecule has 1 aliphatic rings. The van der Waals surface area contributed by atoms with Gasteiger partial charge in [0.15, 0.2) is 0 Å². The number of carbonyl (C=O) groups is 1. The molecule has 1 atom stereocenters. The SMILES string of the molecule is C[C@@]1(C(=O)Nc2cccc(Oc3cnccn3)c2)CC1(Cl)Cl. The smallest absolute Gasteiger partial charge is 0.237 e. The van der Waals surface area contributed by atoms with Crippen molar-refractivity contribution in [3.63, 3.8) is 0 Å². The number of ether oxygens (including phenoxy) is 1. The van der Waals surface area contributed by atoms with E-state index in [9.17, 15) is 4.79 Å². The fourth-order valence-electron chi connectivity index (χ4n) is 2.01. The Labute approximate surface area is 137 Å². The zero-order chi connectivity index (χ0) is 15.8. The molecular formula is C15H13Cl2N3O2. The van der Waals surface area contributed by atoms with Gasteiger partial charge in [-0.1, -0.05) is 6.07 Å². The number of halogens is 2. The number of carbonyl (C=O) groups excluding carboxylic acids is 1. The normalized spacial score (nSPS) is 22.0. The molecule has 0 aliphatic heterocycles. The quantitative estimate of drug-likeness (QED) is 0.862. The minimum atomic E-state index is -0.995. The fraction of sp³-hybridized carbons (Fsp3) is 0.267. The Hall–Kier alpha value is -1.85. The van der Waals surface area contributed by atoms with Crippen molar-refractivity contribution < 1.29 is 9.53 Å². The number of aromatic nitrogens is 2. The number of nitrogens with one attached hydrogen (secondary N) is 1. The number of benzene rings is 1. The van der Waals surface area contributed by atoms with Gasteiger partial charge in [0.05, 0.1) is 11.6 Å². The van der Waals surface area contributed by atoms with Gasteiger partial charge in [-0.05, 0) is 25.5 Å². The standard InChI is InChI=1S/C15H13Cl2N3O2/c1-14(9-15(14,16)17)13(21)20-10-3-2-4-11(7-10)22-12-8-18-5-6-19-12/h2-8H,9H2,1H3,(H,20,21)/t14-/m0/s1. The van der Waals surface area contributed by atoms with Crippen LogP contribution in [0.3, 0.4) is 0 Å². The highest BCUT2D eigenvalue weighted by molar-refractivity contribution is 6.53. The lowest BCUT2D eigenvalue weighted by Gasteiger charge is -2.13. The number of amides is 1. The summed E-state index contributed by atoms with van der Waals surface area (Å²) in [4.78, 5) is 20.2. The van der Waals surface area contributed by atoms with Crippen molar-refractivity contribution in [2.75, 3.05) is 5.32 Å². The first-order chi connectivity index (χ1) is 10.4. The molecule has 1 heterocycles.